The van der Waals surface area contributed by atoms with Gasteiger partial charge in [0.25, 0.3) is 0 Å². The Hall–Kier alpha value is -3.12. The summed E-state index contributed by atoms with van der Waals surface area (Å²) in [5.41, 5.74) is 7.52. The Labute approximate surface area is 234 Å². The van der Waals surface area contributed by atoms with Crippen LogP contribution >= 0.6 is 23.2 Å². The molecule has 0 radical (unpaired) electrons. The SMILES string of the molecule is Cc1nnc2n1-c1ccccc1N(CCCN1CCC(=C(c3cccc(Cl)c3)c3cccc(Cl)c3)CC1)C2. The third kappa shape index (κ3) is 5.11. The average Bonchev–Trinajstić information content (AvgIpc) is 3.30. The van der Waals surface area contributed by atoms with Crippen LogP contribution in [0.2, 0.25) is 10.0 Å². The number of halogens is 2. The first-order chi connectivity index (χ1) is 18.6. The van der Waals surface area contributed by atoms with Crippen molar-refractivity contribution in [1.82, 2.24) is 19.7 Å². The number of benzene rings is 3. The van der Waals surface area contributed by atoms with E-state index in [0.717, 1.165) is 84.8 Å². The Bertz CT molecular complexity index is 1430. The Morgan fingerprint density at radius 1 is 0.789 bits per heavy atom. The van der Waals surface area contributed by atoms with Crippen LogP contribution in [0.15, 0.2) is 78.4 Å². The number of piperidine rings is 1. The zero-order valence-corrected chi connectivity index (χ0v) is 23.1. The van der Waals surface area contributed by atoms with Gasteiger partial charge in [0.05, 0.1) is 17.9 Å². The molecule has 4 aromatic rings. The normalized spacial score (nSPS) is 15.3. The summed E-state index contributed by atoms with van der Waals surface area (Å²) in [6, 6.07) is 24.9. The highest BCUT2D eigenvalue weighted by molar-refractivity contribution is 6.31. The van der Waals surface area contributed by atoms with Crippen molar-refractivity contribution < 1.29 is 0 Å². The number of anilines is 1. The van der Waals surface area contributed by atoms with Gasteiger partial charge in [-0.1, -0.05) is 65.2 Å². The van der Waals surface area contributed by atoms with E-state index in [4.69, 9.17) is 23.2 Å². The minimum atomic E-state index is 0.757. The molecule has 0 bridgehead atoms. The van der Waals surface area contributed by atoms with Crippen LogP contribution in [-0.2, 0) is 6.54 Å². The molecule has 0 saturated carbocycles. The fourth-order valence-corrected chi connectivity index (χ4v) is 6.22. The van der Waals surface area contributed by atoms with Crippen LogP contribution in [0.1, 0.15) is 42.0 Å². The van der Waals surface area contributed by atoms with Gasteiger partial charge >= 0.3 is 0 Å². The smallest absolute Gasteiger partial charge is 0.157 e. The van der Waals surface area contributed by atoms with Crippen LogP contribution in [-0.4, -0.2) is 45.8 Å². The van der Waals surface area contributed by atoms with Gasteiger partial charge in [-0.2, -0.15) is 0 Å². The average molecular weight is 545 g/mol. The van der Waals surface area contributed by atoms with E-state index in [1.807, 2.05) is 31.2 Å². The summed E-state index contributed by atoms with van der Waals surface area (Å²) in [7, 11) is 0. The van der Waals surface area contributed by atoms with Gasteiger partial charge in [0.15, 0.2) is 5.82 Å². The number of hydrogen-bond acceptors (Lipinski definition) is 4. The van der Waals surface area contributed by atoms with E-state index in [-0.39, 0.29) is 0 Å². The topological polar surface area (TPSA) is 37.2 Å². The van der Waals surface area contributed by atoms with E-state index in [9.17, 15) is 0 Å². The summed E-state index contributed by atoms with van der Waals surface area (Å²) >= 11 is 12.8. The second kappa shape index (κ2) is 10.9. The summed E-state index contributed by atoms with van der Waals surface area (Å²) in [6.45, 7) is 7.02. The second-order valence-electron chi connectivity index (χ2n) is 10.1. The highest BCUT2D eigenvalue weighted by atomic mass is 35.5. The first-order valence-electron chi connectivity index (χ1n) is 13.3. The van der Waals surface area contributed by atoms with E-state index in [2.05, 4.69) is 73.1 Å². The van der Waals surface area contributed by atoms with E-state index in [1.54, 1.807) is 0 Å². The summed E-state index contributed by atoms with van der Waals surface area (Å²) in [4.78, 5) is 5.05. The molecule has 2 aliphatic heterocycles. The molecule has 0 spiro atoms. The van der Waals surface area contributed by atoms with Crippen LogP contribution in [0, 0.1) is 6.92 Å². The number of likely N-dealkylation sites (tertiary alicyclic amines) is 1. The fraction of sp³-hybridized carbons (Fsp3) is 0.290. The minimum absolute atomic E-state index is 0.757. The molecule has 1 fully saturated rings. The van der Waals surface area contributed by atoms with Crippen molar-refractivity contribution in [2.45, 2.75) is 32.7 Å². The van der Waals surface area contributed by atoms with Crippen molar-refractivity contribution in [2.75, 3.05) is 31.1 Å². The van der Waals surface area contributed by atoms with Gasteiger partial charge in [-0.05, 0) is 85.8 Å². The molecule has 7 heteroatoms. The van der Waals surface area contributed by atoms with Gasteiger partial charge in [-0.25, -0.2) is 0 Å². The van der Waals surface area contributed by atoms with Gasteiger partial charge in [0, 0.05) is 29.7 Å². The highest BCUT2D eigenvalue weighted by Gasteiger charge is 2.25. The van der Waals surface area contributed by atoms with Crippen LogP contribution in [0.25, 0.3) is 11.3 Å². The minimum Gasteiger partial charge on any atom is -0.362 e. The first-order valence-corrected chi connectivity index (χ1v) is 14.0. The van der Waals surface area contributed by atoms with E-state index < -0.39 is 0 Å². The number of rotatable bonds is 6. The van der Waals surface area contributed by atoms with Gasteiger partial charge in [0.1, 0.15) is 5.82 Å². The van der Waals surface area contributed by atoms with Crippen molar-refractivity contribution >= 4 is 34.5 Å². The summed E-state index contributed by atoms with van der Waals surface area (Å²) in [5.74, 6) is 1.96. The fourth-order valence-electron chi connectivity index (χ4n) is 5.84. The number of para-hydroxylation sites is 2. The molecule has 1 aromatic heterocycles. The molecule has 0 N–H and O–H groups in total. The van der Waals surface area contributed by atoms with Crippen molar-refractivity contribution in [3.8, 4) is 5.69 Å². The van der Waals surface area contributed by atoms with Crippen LogP contribution in [0.5, 0.6) is 0 Å². The zero-order chi connectivity index (χ0) is 26.1. The van der Waals surface area contributed by atoms with E-state index in [0.29, 0.717) is 0 Å². The quantitative estimate of drug-likeness (QED) is 0.258. The molecular formula is C31H31Cl2N5. The molecule has 6 rings (SSSR count). The van der Waals surface area contributed by atoms with E-state index in [1.165, 1.54) is 22.5 Å². The lowest BCUT2D eigenvalue weighted by Crippen LogP contribution is -2.35. The molecule has 5 nitrogen and oxygen atoms in total. The van der Waals surface area contributed by atoms with Crippen LogP contribution in [0.3, 0.4) is 0 Å². The summed E-state index contributed by atoms with van der Waals surface area (Å²) in [6.07, 6.45) is 3.20. The lowest BCUT2D eigenvalue weighted by molar-refractivity contribution is 0.254. The lowest BCUT2D eigenvalue weighted by Gasteiger charge is -2.33. The number of aromatic nitrogens is 3. The predicted molar refractivity (Wildman–Crippen MR) is 156 cm³/mol. The molecule has 3 heterocycles. The molecule has 0 amide bonds. The molecular weight excluding hydrogens is 513 g/mol. The number of aryl methyl sites for hydroxylation is 1. The lowest BCUT2D eigenvalue weighted by atomic mass is 9.88. The molecule has 38 heavy (non-hydrogen) atoms. The maximum atomic E-state index is 6.38. The van der Waals surface area contributed by atoms with Gasteiger partial charge < -0.3 is 9.80 Å². The first kappa shape index (κ1) is 25.2. The van der Waals surface area contributed by atoms with Crippen molar-refractivity contribution in [3.63, 3.8) is 0 Å². The molecule has 0 unspecified atom stereocenters. The zero-order valence-electron chi connectivity index (χ0n) is 21.6. The Balaban J connectivity index is 1.13. The molecule has 3 aromatic carbocycles. The molecule has 0 atom stereocenters. The van der Waals surface area contributed by atoms with Gasteiger partial charge in [-0.3, -0.25) is 4.57 Å². The number of nitrogens with zero attached hydrogens (tertiary/aromatic N) is 5. The summed E-state index contributed by atoms with van der Waals surface area (Å²) in [5, 5.41) is 10.3. The van der Waals surface area contributed by atoms with Gasteiger partial charge in [-0.15, -0.1) is 10.2 Å². The maximum absolute atomic E-state index is 6.38. The maximum Gasteiger partial charge on any atom is 0.157 e. The number of fused-ring (bicyclic) bond motifs is 3. The predicted octanol–water partition coefficient (Wildman–Crippen LogP) is 7.19. The Kier molecular flexibility index (Phi) is 7.24. The van der Waals surface area contributed by atoms with Crippen molar-refractivity contribution in [2.24, 2.45) is 0 Å². The van der Waals surface area contributed by atoms with E-state index >= 15 is 0 Å². The summed E-state index contributed by atoms with van der Waals surface area (Å²) < 4.78 is 2.18. The second-order valence-corrected chi connectivity index (χ2v) is 11.0. The molecule has 194 valence electrons. The molecule has 2 aliphatic rings. The largest absolute Gasteiger partial charge is 0.362 e. The van der Waals surface area contributed by atoms with Crippen LogP contribution in [0.4, 0.5) is 5.69 Å². The third-order valence-electron chi connectivity index (χ3n) is 7.63. The third-order valence-corrected chi connectivity index (χ3v) is 8.10. The molecule has 1 saturated heterocycles. The number of hydrogen-bond donors (Lipinski definition) is 0. The monoisotopic (exact) mass is 543 g/mol. The highest BCUT2D eigenvalue weighted by Crippen LogP contribution is 2.35. The van der Waals surface area contributed by atoms with Crippen molar-refractivity contribution in [3.05, 3.63) is 111 Å². The Morgan fingerprint density at radius 2 is 1.45 bits per heavy atom. The standard InChI is InChI=1S/C31H31Cl2N5/c1-22-34-35-30-21-37(28-11-2-3-12-29(28)38(22)30)16-6-15-36-17-13-23(14-18-36)31(24-7-4-9-26(32)19-24)25-8-5-10-27(33)20-25/h2-5,7-12,19-20H,6,13-18,21H2,1H3. The molecule has 0 aliphatic carbocycles. The van der Waals surface area contributed by atoms with Crippen molar-refractivity contribution in [1.29, 1.82) is 0 Å². The van der Waals surface area contributed by atoms with Gasteiger partial charge in [0.2, 0.25) is 0 Å². The Morgan fingerprint density at radius 3 is 2.11 bits per heavy atom. The van der Waals surface area contributed by atoms with Crippen LogP contribution < -0.4 is 4.90 Å².